The van der Waals surface area contributed by atoms with E-state index in [9.17, 15) is 18.3 Å². The number of nitrogens with one attached hydrogen (secondary N) is 1. The second-order valence-electron chi connectivity index (χ2n) is 8.62. The summed E-state index contributed by atoms with van der Waals surface area (Å²) < 4.78 is 28.2. The molecule has 2 aromatic carbocycles. The molecular weight excluding hydrogens is 440 g/mol. The molecule has 9 heteroatoms. The van der Waals surface area contributed by atoms with Crippen molar-refractivity contribution in [2.75, 3.05) is 42.3 Å². The van der Waals surface area contributed by atoms with Crippen molar-refractivity contribution >= 4 is 27.4 Å². The van der Waals surface area contributed by atoms with Crippen LogP contribution in [0, 0.1) is 17.2 Å². The lowest BCUT2D eigenvalue weighted by atomic mass is 10.0. The maximum Gasteiger partial charge on any atom is 0.337 e. The van der Waals surface area contributed by atoms with Crippen molar-refractivity contribution in [2.24, 2.45) is 5.92 Å². The average molecular weight is 471 g/mol. The Morgan fingerprint density at radius 3 is 2.36 bits per heavy atom. The smallest absolute Gasteiger partial charge is 0.337 e. The van der Waals surface area contributed by atoms with Crippen LogP contribution in [0.25, 0.3) is 0 Å². The summed E-state index contributed by atoms with van der Waals surface area (Å²) in [6.07, 6.45) is 1.34. The molecule has 1 heterocycles. The van der Waals surface area contributed by atoms with Gasteiger partial charge in [-0.2, -0.15) is 5.26 Å². The van der Waals surface area contributed by atoms with Crippen LogP contribution in [0.3, 0.4) is 0 Å². The van der Waals surface area contributed by atoms with Gasteiger partial charge in [-0.25, -0.2) is 13.2 Å². The number of benzene rings is 2. The maximum atomic E-state index is 12.9. The van der Waals surface area contributed by atoms with E-state index in [1.54, 1.807) is 30.3 Å². The third kappa shape index (κ3) is 6.46. The van der Waals surface area contributed by atoms with Crippen molar-refractivity contribution in [2.45, 2.75) is 31.6 Å². The first-order chi connectivity index (χ1) is 15.7. The van der Waals surface area contributed by atoms with Crippen LogP contribution in [0.2, 0.25) is 0 Å². The zero-order valence-electron chi connectivity index (χ0n) is 19.0. The van der Waals surface area contributed by atoms with Crippen LogP contribution in [0.5, 0.6) is 0 Å². The fourth-order valence-corrected chi connectivity index (χ4v) is 4.99. The first-order valence-corrected chi connectivity index (χ1v) is 12.5. The second kappa shape index (κ2) is 10.7. The fourth-order valence-electron chi connectivity index (χ4n) is 3.91. The number of hydrogen-bond donors (Lipinski definition) is 2. The molecule has 33 heavy (non-hydrogen) atoms. The van der Waals surface area contributed by atoms with E-state index in [0.29, 0.717) is 25.4 Å². The van der Waals surface area contributed by atoms with Gasteiger partial charge in [0.05, 0.1) is 22.2 Å². The van der Waals surface area contributed by atoms with Gasteiger partial charge in [-0.1, -0.05) is 26.0 Å². The van der Waals surface area contributed by atoms with Gasteiger partial charge in [-0.3, -0.25) is 9.62 Å². The molecule has 0 radical (unpaired) electrons. The minimum absolute atomic E-state index is 0.0326. The summed E-state index contributed by atoms with van der Waals surface area (Å²) in [5.74, 6) is -0.739. The van der Waals surface area contributed by atoms with Gasteiger partial charge in [0.2, 0.25) is 0 Å². The van der Waals surface area contributed by atoms with Crippen LogP contribution in [-0.2, 0) is 16.4 Å². The molecule has 0 aromatic heterocycles. The van der Waals surface area contributed by atoms with Gasteiger partial charge in [0.15, 0.2) is 0 Å². The number of anilines is 2. The highest BCUT2D eigenvalue weighted by atomic mass is 32.2. The van der Waals surface area contributed by atoms with Crippen molar-refractivity contribution in [3.05, 3.63) is 53.6 Å². The van der Waals surface area contributed by atoms with E-state index >= 15 is 0 Å². The zero-order chi connectivity index (χ0) is 24.0. The first kappa shape index (κ1) is 24.6. The highest BCUT2D eigenvalue weighted by molar-refractivity contribution is 7.92. The molecule has 0 spiro atoms. The highest BCUT2D eigenvalue weighted by Crippen LogP contribution is 2.27. The number of rotatable bonds is 9. The summed E-state index contributed by atoms with van der Waals surface area (Å²) in [7, 11) is -3.93. The Hall–Kier alpha value is -3.09. The highest BCUT2D eigenvalue weighted by Gasteiger charge is 2.22. The number of sulfonamides is 1. The van der Waals surface area contributed by atoms with Gasteiger partial charge in [-0.05, 0) is 48.2 Å². The number of carbonyl (C=O) groups is 1. The number of aromatic carboxylic acids is 1. The Balaban J connectivity index is 1.76. The molecule has 2 aromatic rings. The third-order valence-corrected chi connectivity index (χ3v) is 7.01. The zero-order valence-corrected chi connectivity index (χ0v) is 19.8. The SMILES string of the molecule is CC(C)Cc1ccc(S(=O)(=O)Nc2ccc(N3CCN(CCC#N)CC3)cc2C(=O)O)cc1. The topological polar surface area (TPSA) is 114 Å². The molecule has 1 saturated heterocycles. The van der Waals surface area contributed by atoms with E-state index in [1.807, 2.05) is 0 Å². The maximum absolute atomic E-state index is 12.9. The molecule has 8 nitrogen and oxygen atoms in total. The standard InChI is InChI=1S/C24H30N4O4S/c1-18(2)16-19-4-7-21(8-5-19)33(31,32)26-23-9-6-20(17-22(23)24(29)30)28-14-12-27(13-15-28)11-3-10-25/h4-9,17-18,26H,3,11-16H2,1-2H3,(H,29,30). The quantitative estimate of drug-likeness (QED) is 0.577. The van der Waals surface area contributed by atoms with E-state index in [1.165, 1.54) is 12.1 Å². The molecule has 0 bridgehead atoms. The van der Waals surface area contributed by atoms with Gasteiger partial charge < -0.3 is 10.0 Å². The molecule has 176 valence electrons. The van der Waals surface area contributed by atoms with Crippen LogP contribution in [0.1, 0.15) is 36.2 Å². The van der Waals surface area contributed by atoms with E-state index in [4.69, 9.17) is 5.26 Å². The van der Waals surface area contributed by atoms with Crippen molar-refractivity contribution < 1.29 is 18.3 Å². The molecule has 1 aliphatic heterocycles. The molecule has 0 amide bonds. The van der Waals surface area contributed by atoms with Crippen molar-refractivity contribution in [3.8, 4) is 6.07 Å². The summed E-state index contributed by atoms with van der Waals surface area (Å²) in [5.41, 5.74) is 1.71. The normalized spacial score (nSPS) is 14.8. The van der Waals surface area contributed by atoms with Crippen LogP contribution >= 0.6 is 0 Å². The molecular formula is C24H30N4O4S. The largest absolute Gasteiger partial charge is 0.478 e. The Morgan fingerprint density at radius 2 is 1.79 bits per heavy atom. The Labute approximate surface area is 195 Å². The number of hydrogen-bond acceptors (Lipinski definition) is 6. The van der Waals surface area contributed by atoms with Crippen molar-refractivity contribution in [3.63, 3.8) is 0 Å². The predicted octanol–water partition coefficient (Wildman–Crippen LogP) is 3.42. The predicted molar refractivity (Wildman–Crippen MR) is 128 cm³/mol. The first-order valence-electron chi connectivity index (χ1n) is 11.0. The second-order valence-corrected chi connectivity index (χ2v) is 10.3. The molecule has 1 aliphatic rings. The fraction of sp³-hybridized carbons (Fsp3) is 0.417. The van der Waals surface area contributed by atoms with Crippen molar-refractivity contribution in [1.82, 2.24) is 4.90 Å². The summed E-state index contributed by atoms with van der Waals surface area (Å²) in [5, 5.41) is 18.5. The van der Waals surface area contributed by atoms with E-state index < -0.39 is 16.0 Å². The number of carboxylic acid groups (broad SMARTS) is 1. The van der Waals surface area contributed by atoms with Crippen LogP contribution < -0.4 is 9.62 Å². The summed E-state index contributed by atoms with van der Waals surface area (Å²) in [6.45, 7) is 7.90. The molecule has 0 aliphatic carbocycles. The molecule has 0 saturated carbocycles. The summed E-state index contributed by atoms with van der Waals surface area (Å²) in [4.78, 5) is 16.3. The number of nitriles is 1. The minimum atomic E-state index is -3.93. The van der Waals surface area contributed by atoms with Gasteiger partial charge in [0.25, 0.3) is 10.0 Å². The third-order valence-electron chi connectivity index (χ3n) is 5.63. The lowest BCUT2D eigenvalue weighted by Gasteiger charge is -2.36. The molecule has 3 rings (SSSR count). The summed E-state index contributed by atoms with van der Waals surface area (Å²) >= 11 is 0. The van der Waals surface area contributed by atoms with E-state index in [-0.39, 0.29) is 16.1 Å². The summed E-state index contributed by atoms with van der Waals surface area (Å²) in [6, 6.07) is 13.6. The van der Waals surface area contributed by atoms with E-state index in [0.717, 1.165) is 37.3 Å². The van der Waals surface area contributed by atoms with Gasteiger partial charge in [0.1, 0.15) is 0 Å². The molecule has 2 N–H and O–H groups in total. The molecule has 0 atom stereocenters. The van der Waals surface area contributed by atoms with Gasteiger partial charge in [-0.15, -0.1) is 0 Å². The Bertz CT molecular complexity index is 1120. The average Bonchev–Trinajstić information content (AvgIpc) is 2.78. The Morgan fingerprint density at radius 1 is 1.12 bits per heavy atom. The van der Waals surface area contributed by atoms with Crippen LogP contribution in [-0.4, -0.2) is 57.1 Å². The lowest BCUT2D eigenvalue weighted by molar-refractivity contribution is 0.0698. The molecule has 1 fully saturated rings. The Kier molecular flexibility index (Phi) is 7.95. The number of carboxylic acids is 1. The van der Waals surface area contributed by atoms with Crippen LogP contribution in [0.15, 0.2) is 47.4 Å². The number of piperazine rings is 1. The van der Waals surface area contributed by atoms with Gasteiger partial charge in [0, 0.05) is 44.8 Å². The van der Waals surface area contributed by atoms with Crippen molar-refractivity contribution in [1.29, 1.82) is 5.26 Å². The molecule has 0 unspecified atom stereocenters. The number of nitrogens with zero attached hydrogens (tertiary/aromatic N) is 3. The minimum Gasteiger partial charge on any atom is -0.478 e. The van der Waals surface area contributed by atoms with Crippen LogP contribution in [0.4, 0.5) is 11.4 Å². The van der Waals surface area contributed by atoms with Gasteiger partial charge >= 0.3 is 5.97 Å². The monoisotopic (exact) mass is 470 g/mol. The van der Waals surface area contributed by atoms with E-state index in [2.05, 4.69) is 34.4 Å². The lowest BCUT2D eigenvalue weighted by Crippen LogP contribution is -2.46.